The third kappa shape index (κ3) is 6.08. The van der Waals surface area contributed by atoms with Crippen molar-refractivity contribution in [3.63, 3.8) is 0 Å². The van der Waals surface area contributed by atoms with Gasteiger partial charge in [-0.1, -0.05) is 26.2 Å². The van der Waals surface area contributed by atoms with Crippen LogP contribution in [0.25, 0.3) is 0 Å². The Bertz CT molecular complexity index is 426. The quantitative estimate of drug-likeness (QED) is 0.462. The van der Waals surface area contributed by atoms with Gasteiger partial charge in [-0.05, 0) is 31.1 Å². The molecule has 2 atom stereocenters. The van der Waals surface area contributed by atoms with Gasteiger partial charge in [0.1, 0.15) is 0 Å². The summed E-state index contributed by atoms with van der Waals surface area (Å²) in [6, 6.07) is 0. The molecule has 5 nitrogen and oxygen atoms in total. The smallest absolute Gasteiger partial charge is 0.190 e. The van der Waals surface area contributed by atoms with Gasteiger partial charge in [0.25, 0.3) is 0 Å². The number of hydrogen-bond donors (Lipinski definition) is 2. The van der Waals surface area contributed by atoms with E-state index in [0.717, 1.165) is 43.9 Å². The van der Waals surface area contributed by atoms with E-state index in [9.17, 15) is 0 Å². The average Bonchev–Trinajstić information content (AvgIpc) is 3.03. The lowest BCUT2D eigenvalue weighted by atomic mass is 9.81. The molecule has 0 spiro atoms. The van der Waals surface area contributed by atoms with Crippen LogP contribution in [0.15, 0.2) is 23.7 Å². The summed E-state index contributed by atoms with van der Waals surface area (Å²) in [6.07, 6.45) is 13.6. The zero-order valence-electron chi connectivity index (χ0n) is 14.1. The fourth-order valence-corrected chi connectivity index (χ4v) is 3.32. The van der Waals surface area contributed by atoms with Crippen LogP contribution in [0.3, 0.4) is 0 Å². The molecule has 2 unspecified atom stereocenters. The first-order chi connectivity index (χ1) is 10.8. The number of aliphatic imine (C=N–C) groups is 1. The lowest BCUT2D eigenvalue weighted by molar-refractivity contribution is 0.270. The average molecular weight is 305 g/mol. The van der Waals surface area contributed by atoms with Crippen molar-refractivity contribution >= 4 is 5.96 Å². The van der Waals surface area contributed by atoms with E-state index in [2.05, 4.69) is 32.1 Å². The number of aromatic nitrogens is 2. The summed E-state index contributed by atoms with van der Waals surface area (Å²) in [5.41, 5.74) is 0. The summed E-state index contributed by atoms with van der Waals surface area (Å²) < 4.78 is 2.10. The molecule has 22 heavy (non-hydrogen) atoms. The van der Waals surface area contributed by atoms with Gasteiger partial charge >= 0.3 is 0 Å². The van der Waals surface area contributed by atoms with Crippen LogP contribution in [0.5, 0.6) is 0 Å². The zero-order chi connectivity index (χ0) is 15.6. The minimum absolute atomic E-state index is 0.899. The fourth-order valence-electron chi connectivity index (χ4n) is 3.32. The lowest BCUT2D eigenvalue weighted by Crippen LogP contribution is -2.39. The minimum Gasteiger partial charge on any atom is -0.356 e. The lowest BCUT2D eigenvalue weighted by Gasteiger charge is -2.26. The highest BCUT2D eigenvalue weighted by molar-refractivity contribution is 5.79. The summed E-state index contributed by atoms with van der Waals surface area (Å²) >= 11 is 0. The van der Waals surface area contributed by atoms with Crippen molar-refractivity contribution in [2.45, 2.75) is 52.0 Å². The molecule has 0 saturated heterocycles. The van der Waals surface area contributed by atoms with E-state index in [-0.39, 0.29) is 0 Å². The molecule has 0 radical (unpaired) electrons. The second-order valence-corrected chi connectivity index (χ2v) is 6.51. The van der Waals surface area contributed by atoms with E-state index in [4.69, 9.17) is 0 Å². The molecule has 0 aromatic carbocycles. The van der Waals surface area contributed by atoms with E-state index in [1.807, 2.05) is 25.8 Å². The van der Waals surface area contributed by atoms with Crippen LogP contribution in [0.1, 0.15) is 45.4 Å². The maximum Gasteiger partial charge on any atom is 0.190 e. The fraction of sp³-hybridized carbons (Fsp3) is 0.765. The highest BCUT2D eigenvalue weighted by Crippen LogP contribution is 2.30. The van der Waals surface area contributed by atoms with Gasteiger partial charge in [0, 0.05) is 39.1 Å². The molecule has 1 aliphatic rings. The van der Waals surface area contributed by atoms with Gasteiger partial charge in [0.15, 0.2) is 5.96 Å². The van der Waals surface area contributed by atoms with Crippen LogP contribution in [0.4, 0.5) is 0 Å². The van der Waals surface area contributed by atoms with Gasteiger partial charge in [-0.25, -0.2) is 4.98 Å². The maximum absolute atomic E-state index is 4.30. The molecule has 1 aromatic rings. The number of nitrogens with zero attached hydrogens (tertiary/aromatic N) is 3. The first-order valence-corrected chi connectivity index (χ1v) is 8.68. The minimum atomic E-state index is 0.899. The molecule has 0 aliphatic heterocycles. The van der Waals surface area contributed by atoms with E-state index in [1.165, 1.54) is 32.1 Å². The number of aryl methyl sites for hydroxylation is 1. The maximum atomic E-state index is 4.30. The van der Waals surface area contributed by atoms with Crippen molar-refractivity contribution in [1.82, 2.24) is 20.2 Å². The summed E-state index contributed by atoms with van der Waals surface area (Å²) in [7, 11) is 1.84. The molecule has 1 fully saturated rings. The number of guanidine groups is 1. The summed E-state index contributed by atoms with van der Waals surface area (Å²) in [6.45, 7) is 5.33. The predicted octanol–water partition coefficient (Wildman–Crippen LogP) is 2.65. The van der Waals surface area contributed by atoms with Crippen molar-refractivity contribution in [3.8, 4) is 0 Å². The van der Waals surface area contributed by atoms with Crippen molar-refractivity contribution in [2.75, 3.05) is 20.1 Å². The van der Waals surface area contributed by atoms with Crippen LogP contribution in [0.2, 0.25) is 0 Å². The van der Waals surface area contributed by atoms with Crippen LogP contribution in [0, 0.1) is 11.8 Å². The highest BCUT2D eigenvalue weighted by atomic mass is 15.2. The zero-order valence-corrected chi connectivity index (χ0v) is 14.1. The van der Waals surface area contributed by atoms with E-state index in [1.54, 1.807) is 0 Å². The monoisotopic (exact) mass is 305 g/mol. The van der Waals surface area contributed by atoms with Gasteiger partial charge in [-0.15, -0.1) is 0 Å². The largest absolute Gasteiger partial charge is 0.356 e. The van der Waals surface area contributed by atoms with E-state index in [0.29, 0.717) is 0 Å². The molecule has 0 amide bonds. The van der Waals surface area contributed by atoms with Gasteiger partial charge in [-0.3, -0.25) is 4.99 Å². The Balaban J connectivity index is 1.55. The van der Waals surface area contributed by atoms with Gasteiger partial charge in [0.2, 0.25) is 0 Å². The van der Waals surface area contributed by atoms with Crippen molar-refractivity contribution in [2.24, 2.45) is 16.8 Å². The Hall–Kier alpha value is -1.52. The summed E-state index contributed by atoms with van der Waals surface area (Å²) in [5.74, 6) is 2.74. The van der Waals surface area contributed by atoms with Crippen LogP contribution >= 0.6 is 0 Å². The van der Waals surface area contributed by atoms with Gasteiger partial charge in [0.05, 0.1) is 6.33 Å². The molecule has 0 bridgehead atoms. The normalized spacial score (nSPS) is 22.5. The number of nitrogens with one attached hydrogen (secondary N) is 2. The summed E-state index contributed by atoms with van der Waals surface area (Å²) in [4.78, 5) is 8.34. The van der Waals surface area contributed by atoms with Gasteiger partial charge in [-0.2, -0.15) is 0 Å². The molecular formula is C17H31N5. The number of rotatable bonds is 7. The van der Waals surface area contributed by atoms with Crippen molar-refractivity contribution < 1.29 is 0 Å². The SMILES string of the molecule is CN=C(NCCCn1ccnc1)NCCC1CCCC(C)C1. The Morgan fingerprint density at radius 3 is 2.91 bits per heavy atom. The molecule has 1 saturated carbocycles. The predicted molar refractivity (Wildman–Crippen MR) is 91.9 cm³/mol. The number of hydrogen-bond acceptors (Lipinski definition) is 2. The molecule has 2 N–H and O–H groups in total. The molecule has 1 aromatic heterocycles. The van der Waals surface area contributed by atoms with Gasteiger partial charge < -0.3 is 15.2 Å². The molecular weight excluding hydrogens is 274 g/mol. The second kappa shape index (κ2) is 9.49. The summed E-state index contributed by atoms with van der Waals surface area (Å²) in [5, 5.41) is 6.83. The molecule has 1 heterocycles. The Kier molecular flexibility index (Phi) is 7.26. The second-order valence-electron chi connectivity index (χ2n) is 6.51. The topological polar surface area (TPSA) is 54.2 Å². The highest BCUT2D eigenvalue weighted by Gasteiger charge is 2.18. The van der Waals surface area contributed by atoms with Crippen LogP contribution in [-0.2, 0) is 6.54 Å². The van der Waals surface area contributed by atoms with E-state index >= 15 is 0 Å². The van der Waals surface area contributed by atoms with Crippen molar-refractivity contribution in [1.29, 1.82) is 0 Å². The Labute approximate surface area is 134 Å². The standard InChI is InChI=1S/C17H31N5/c1-15-5-3-6-16(13-15)7-9-21-17(18-2)20-8-4-11-22-12-10-19-14-22/h10,12,14-16H,3-9,11,13H2,1-2H3,(H2,18,20,21). The molecule has 2 rings (SSSR count). The van der Waals surface area contributed by atoms with Crippen molar-refractivity contribution in [3.05, 3.63) is 18.7 Å². The van der Waals surface area contributed by atoms with Crippen LogP contribution < -0.4 is 10.6 Å². The number of imidazole rings is 1. The first kappa shape index (κ1) is 16.8. The molecule has 124 valence electrons. The van der Waals surface area contributed by atoms with Crippen LogP contribution in [-0.4, -0.2) is 35.6 Å². The first-order valence-electron chi connectivity index (χ1n) is 8.68. The Morgan fingerprint density at radius 1 is 1.32 bits per heavy atom. The third-order valence-electron chi connectivity index (χ3n) is 4.56. The molecule has 5 heteroatoms. The Morgan fingerprint density at radius 2 is 2.18 bits per heavy atom. The third-order valence-corrected chi connectivity index (χ3v) is 4.56. The van der Waals surface area contributed by atoms with E-state index < -0.39 is 0 Å². The molecule has 1 aliphatic carbocycles.